The molecule has 0 saturated carbocycles. The summed E-state index contributed by atoms with van der Waals surface area (Å²) in [6, 6.07) is 0. The summed E-state index contributed by atoms with van der Waals surface area (Å²) in [6.07, 6.45) is 0. The molecule has 0 amide bonds. The van der Waals surface area contributed by atoms with E-state index in [4.69, 9.17) is 17.5 Å². The summed E-state index contributed by atoms with van der Waals surface area (Å²) in [6.45, 7) is 0. The van der Waals surface area contributed by atoms with Crippen molar-refractivity contribution in [3.05, 3.63) is 0 Å². The zero-order chi connectivity index (χ0) is 4.50. The molecule has 7 heteroatoms. The summed E-state index contributed by atoms with van der Waals surface area (Å²) in [5.74, 6) is 0. The van der Waals surface area contributed by atoms with E-state index in [-0.39, 0.29) is 47.2 Å². The van der Waals surface area contributed by atoms with Gasteiger partial charge in [0.2, 0.25) is 0 Å². The van der Waals surface area contributed by atoms with Gasteiger partial charge in [0, 0.05) is 10.4 Å². The van der Waals surface area contributed by atoms with Crippen molar-refractivity contribution in [3.63, 3.8) is 0 Å². The van der Waals surface area contributed by atoms with Crippen molar-refractivity contribution in [1.29, 1.82) is 0 Å². The summed E-state index contributed by atoms with van der Waals surface area (Å²) in [4.78, 5) is 0. The van der Waals surface area contributed by atoms with Crippen LogP contribution in [0.2, 0.25) is 0 Å². The first kappa shape index (κ1) is 15.7. The molecule has 0 atom stereocenters. The predicted octanol–water partition coefficient (Wildman–Crippen LogP) is -1.46. The van der Waals surface area contributed by atoms with E-state index in [0.717, 1.165) is 0 Å². The normalized spacial score (nSPS) is 8.29. The van der Waals surface area contributed by atoms with E-state index in [1.54, 1.807) is 0 Å². The van der Waals surface area contributed by atoms with Gasteiger partial charge in [-0.25, -0.2) is 0 Å². The van der Waals surface area contributed by atoms with E-state index in [0.29, 0.717) is 0 Å². The van der Waals surface area contributed by atoms with Crippen molar-refractivity contribution in [2.45, 2.75) is 0 Å². The van der Waals surface area contributed by atoms with Gasteiger partial charge in [0.25, 0.3) is 0 Å². The van der Waals surface area contributed by atoms with Gasteiger partial charge in [-0.15, -0.1) is 0 Å². The third kappa shape index (κ3) is 134. The molecule has 0 saturated heterocycles. The fourth-order valence-corrected chi connectivity index (χ4v) is 0. The van der Waals surface area contributed by atoms with Gasteiger partial charge in [0.15, 0.2) is 0 Å². The van der Waals surface area contributed by atoms with Crippen molar-refractivity contribution in [2.75, 3.05) is 0 Å². The Morgan fingerprint density at radius 3 is 1.14 bits per heavy atom. The molecule has 0 aromatic rings. The number of hydrogen-bond acceptors (Lipinski definition) is 4. The van der Waals surface area contributed by atoms with Crippen LogP contribution in [0.15, 0.2) is 0 Å². The van der Waals surface area contributed by atoms with Gasteiger partial charge < -0.3 is 14.6 Å². The van der Waals surface area contributed by atoms with Gasteiger partial charge >= 0.3 is 41.7 Å². The Kier molecular flexibility index (Phi) is 12.0. The molecule has 0 aliphatic carbocycles. The van der Waals surface area contributed by atoms with Crippen molar-refractivity contribution >= 4 is 10.4 Å². The summed E-state index contributed by atoms with van der Waals surface area (Å²) in [5, 5.41) is 0. The first-order valence-corrected chi connectivity index (χ1v) is 2.00. The maximum Gasteiger partial charge on any atom is 4.00 e. The van der Waals surface area contributed by atoms with Gasteiger partial charge in [0.05, 0.1) is 0 Å². The van der Waals surface area contributed by atoms with Gasteiger partial charge in [-0.1, -0.05) is 0 Å². The maximum atomic E-state index is 8.52. The topological polar surface area (TPSA) is 109 Å². The standard InChI is InChI=1S/Ce.H2O4S.O/c;1-5(2,3)4;/h;(H2,1,2,3,4);/q+4;;-2/p-2. The monoisotopic (exact) mass is 252 g/mol. The molecule has 0 spiro atoms. The molecule has 0 bridgehead atoms. The molecular weight excluding hydrogens is 252 g/mol. The van der Waals surface area contributed by atoms with E-state index < -0.39 is 10.4 Å². The van der Waals surface area contributed by atoms with Crippen molar-refractivity contribution < 1.29 is 64.7 Å². The molecule has 0 aromatic carbocycles. The Morgan fingerprint density at radius 2 is 1.14 bits per heavy atom. The minimum absolute atomic E-state index is 0. The van der Waals surface area contributed by atoms with Crippen LogP contribution in [0.4, 0.5) is 0 Å². The molecular formula is CeO5S. The fourth-order valence-electron chi connectivity index (χ4n) is 0. The minimum Gasteiger partial charge on any atom is -2.00 e. The van der Waals surface area contributed by atoms with Crippen LogP contribution in [-0.4, -0.2) is 17.5 Å². The maximum absolute atomic E-state index is 8.52. The Bertz CT molecular complexity index is 91.2. The third-order valence-electron chi connectivity index (χ3n) is 0. The van der Waals surface area contributed by atoms with Crippen LogP contribution in [0.1, 0.15) is 0 Å². The van der Waals surface area contributed by atoms with Crippen molar-refractivity contribution in [1.82, 2.24) is 0 Å². The van der Waals surface area contributed by atoms with Crippen LogP contribution in [0.25, 0.3) is 0 Å². The fraction of sp³-hybridized carbons (Fsp3) is 0. The molecule has 0 aliphatic rings. The molecule has 0 unspecified atom stereocenters. The minimum atomic E-state index is -5.17. The summed E-state index contributed by atoms with van der Waals surface area (Å²) >= 11 is 0. The Hall–Kier alpha value is 1.21. The summed E-state index contributed by atoms with van der Waals surface area (Å²) < 4.78 is 34.1. The molecule has 0 fully saturated rings. The molecule has 0 aliphatic heterocycles. The molecule has 0 radical (unpaired) electrons. The SMILES string of the molecule is O=S(=O)([O-])[O-].[Ce+4].[O-2]. The first-order valence-electron chi connectivity index (χ1n) is 0.667. The van der Waals surface area contributed by atoms with E-state index in [1.165, 1.54) is 0 Å². The molecule has 5 nitrogen and oxygen atoms in total. The van der Waals surface area contributed by atoms with Crippen LogP contribution in [0.5, 0.6) is 0 Å². The van der Waals surface area contributed by atoms with Crippen molar-refractivity contribution in [2.24, 2.45) is 0 Å². The molecule has 7 heavy (non-hydrogen) atoms. The zero-order valence-corrected chi connectivity index (χ0v) is 6.91. The van der Waals surface area contributed by atoms with E-state index in [1.807, 2.05) is 0 Å². The molecule has 40 valence electrons. The van der Waals surface area contributed by atoms with Gasteiger partial charge in [-0.3, -0.25) is 8.42 Å². The van der Waals surface area contributed by atoms with Crippen molar-refractivity contribution in [3.8, 4) is 0 Å². The average molecular weight is 252 g/mol. The number of rotatable bonds is 0. The molecule has 0 rings (SSSR count). The largest absolute Gasteiger partial charge is 4.00 e. The number of hydrogen-bond donors (Lipinski definition) is 0. The second-order valence-electron chi connectivity index (χ2n) is 0.408. The Labute approximate surface area is 74.4 Å². The van der Waals surface area contributed by atoms with Crippen LogP contribution in [0, 0.1) is 41.7 Å². The smallest absolute Gasteiger partial charge is 2.00 e. The molecule has 0 heterocycles. The van der Waals surface area contributed by atoms with Gasteiger partial charge in [-0.05, 0) is 0 Å². The second kappa shape index (κ2) is 5.35. The third-order valence-corrected chi connectivity index (χ3v) is 0. The molecule has 0 aromatic heterocycles. The second-order valence-corrected chi connectivity index (χ2v) is 1.22. The van der Waals surface area contributed by atoms with Gasteiger partial charge in [-0.2, -0.15) is 0 Å². The predicted molar refractivity (Wildman–Crippen MR) is 11.2 cm³/mol. The van der Waals surface area contributed by atoms with Crippen LogP contribution < -0.4 is 0 Å². The average Bonchev–Trinajstić information content (AvgIpc) is 0.722. The van der Waals surface area contributed by atoms with Gasteiger partial charge in [0.1, 0.15) is 0 Å². The Balaban J connectivity index is -0.0000000800. The van der Waals surface area contributed by atoms with E-state index >= 15 is 0 Å². The Morgan fingerprint density at radius 1 is 1.14 bits per heavy atom. The molecule has 0 N–H and O–H groups in total. The van der Waals surface area contributed by atoms with Crippen LogP contribution >= 0.6 is 0 Å². The quantitative estimate of drug-likeness (QED) is 0.387. The van der Waals surface area contributed by atoms with Crippen LogP contribution in [-0.2, 0) is 15.9 Å². The first-order chi connectivity index (χ1) is 2.00. The van der Waals surface area contributed by atoms with E-state index in [2.05, 4.69) is 0 Å². The summed E-state index contributed by atoms with van der Waals surface area (Å²) in [5.41, 5.74) is 0. The zero-order valence-electron chi connectivity index (χ0n) is 2.95. The van der Waals surface area contributed by atoms with Crippen LogP contribution in [0.3, 0.4) is 0 Å². The van der Waals surface area contributed by atoms with E-state index in [9.17, 15) is 0 Å². The summed E-state index contributed by atoms with van der Waals surface area (Å²) in [7, 11) is -5.17.